The standard InChI is InChI=1S/C7H10O3/c1-4-2-5-3-9-7(10-5)6(4)8/h2,5-8H,3H2,1H3/t5-,6-,7+/m0/s1. The van der Waals surface area contributed by atoms with Crippen molar-refractivity contribution in [3.8, 4) is 0 Å². The molecular weight excluding hydrogens is 132 g/mol. The second-order valence-electron chi connectivity index (χ2n) is 2.73. The van der Waals surface area contributed by atoms with Gasteiger partial charge in [-0.15, -0.1) is 0 Å². The monoisotopic (exact) mass is 142 g/mol. The topological polar surface area (TPSA) is 38.7 Å². The molecule has 0 aromatic rings. The van der Waals surface area contributed by atoms with E-state index < -0.39 is 12.4 Å². The molecule has 3 heteroatoms. The molecule has 3 nitrogen and oxygen atoms in total. The van der Waals surface area contributed by atoms with Crippen LogP contribution in [-0.2, 0) is 9.47 Å². The Morgan fingerprint density at radius 3 is 3.30 bits per heavy atom. The molecule has 0 aliphatic carbocycles. The van der Waals surface area contributed by atoms with E-state index in [-0.39, 0.29) is 6.10 Å². The van der Waals surface area contributed by atoms with Crippen molar-refractivity contribution >= 4 is 0 Å². The van der Waals surface area contributed by atoms with Crippen LogP contribution in [0.25, 0.3) is 0 Å². The van der Waals surface area contributed by atoms with Gasteiger partial charge >= 0.3 is 0 Å². The van der Waals surface area contributed by atoms with E-state index in [4.69, 9.17) is 9.47 Å². The van der Waals surface area contributed by atoms with Gasteiger partial charge in [-0.25, -0.2) is 0 Å². The molecule has 0 saturated carbocycles. The van der Waals surface area contributed by atoms with E-state index in [1.165, 1.54) is 0 Å². The lowest BCUT2D eigenvalue weighted by molar-refractivity contribution is -0.119. The summed E-state index contributed by atoms with van der Waals surface area (Å²) in [5, 5.41) is 9.35. The minimum Gasteiger partial charge on any atom is -0.383 e. The van der Waals surface area contributed by atoms with Crippen molar-refractivity contribution in [1.29, 1.82) is 0 Å². The smallest absolute Gasteiger partial charge is 0.188 e. The summed E-state index contributed by atoms with van der Waals surface area (Å²) < 4.78 is 10.4. The van der Waals surface area contributed by atoms with E-state index in [0.29, 0.717) is 6.61 Å². The molecule has 0 aromatic heterocycles. The molecule has 56 valence electrons. The predicted molar refractivity (Wildman–Crippen MR) is 34.4 cm³/mol. The minimum absolute atomic E-state index is 0.0772. The zero-order chi connectivity index (χ0) is 7.14. The Labute approximate surface area is 59.2 Å². The maximum absolute atomic E-state index is 9.35. The van der Waals surface area contributed by atoms with Gasteiger partial charge < -0.3 is 14.6 Å². The van der Waals surface area contributed by atoms with Gasteiger partial charge in [0, 0.05) is 0 Å². The van der Waals surface area contributed by atoms with E-state index in [1.807, 2.05) is 13.0 Å². The van der Waals surface area contributed by atoms with Gasteiger partial charge in [-0.05, 0) is 12.5 Å². The number of aliphatic hydroxyl groups is 1. The lowest BCUT2D eigenvalue weighted by Gasteiger charge is -2.21. The third kappa shape index (κ3) is 0.785. The Kier molecular flexibility index (Phi) is 1.30. The van der Waals surface area contributed by atoms with E-state index in [2.05, 4.69) is 0 Å². The van der Waals surface area contributed by atoms with Crippen LogP contribution in [-0.4, -0.2) is 30.2 Å². The van der Waals surface area contributed by atoms with Gasteiger partial charge in [-0.3, -0.25) is 0 Å². The van der Waals surface area contributed by atoms with Gasteiger partial charge in [0.2, 0.25) is 0 Å². The Bertz CT molecular complexity index is 176. The minimum atomic E-state index is -0.557. The fourth-order valence-electron chi connectivity index (χ4n) is 1.30. The fourth-order valence-corrected chi connectivity index (χ4v) is 1.30. The number of rotatable bonds is 0. The Hall–Kier alpha value is -0.380. The van der Waals surface area contributed by atoms with Crippen LogP contribution in [0.15, 0.2) is 11.6 Å². The van der Waals surface area contributed by atoms with Crippen molar-refractivity contribution in [2.75, 3.05) is 6.61 Å². The molecule has 0 radical (unpaired) electrons. The SMILES string of the molecule is CC1=C[C@H]2CO[C@H](O2)[C@H]1O. The molecule has 3 atom stereocenters. The van der Waals surface area contributed by atoms with Crippen molar-refractivity contribution < 1.29 is 14.6 Å². The molecule has 2 bridgehead atoms. The Morgan fingerprint density at radius 2 is 2.50 bits per heavy atom. The van der Waals surface area contributed by atoms with E-state index in [1.54, 1.807) is 0 Å². The molecule has 10 heavy (non-hydrogen) atoms. The van der Waals surface area contributed by atoms with Crippen LogP contribution in [0, 0.1) is 0 Å². The second kappa shape index (κ2) is 2.05. The van der Waals surface area contributed by atoms with Crippen LogP contribution in [0.1, 0.15) is 6.92 Å². The van der Waals surface area contributed by atoms with Crippen molar-refractivity contribution in [1.82, 2.24) is 0 Å². The molecule has 0 spiro atoms. The molecular formula is C7H10O3. The first-order valence-corrected chi connectivity index (χ1v) is 3.41. The van der Waals surface area contributed by atoms with Gasteiger partial charge in [0.1, 0.15) is 12.2 Å². The summed E-state index contributed by atoms with van der Waals surface area (Å²) in [6, 6.07) is 0. The number of ether oxygens (including phenoxy) is 2. The summed E-state index contributed by atoms with van der Waals surface area (Å²) in [4.78, 5) is 0. The average molecular weight is 142 g/mol. The molecule has 1 N–H and O–H groups in total. The maximum atomic E-state index is 9.35. The number of hydrogen-bond acceptors (Lipinski definition) is 3. The van der Waals surface area contributed by atoms with Crippen LogP contribution >= 0.6 is 0 Å². The van der Waals surface area contributed by atoms with E-state index >= 15 is 0 Å². The third-order valence-corrected chi connectivity index (χ3v) is 1.91. The van der Waals surface area contributed by atoms with Crippen molar-refractivity contribution in [3.63, 3.8) is 0 Å². The summed E-state index contributed by atoms with van der Waals surface area (Å²) in [6.45, 7) is 2.47. The fraction of sp³-hybridized carbons (Fsp3) is 0.714. The molecule has 0 amide bonds. The zero-order valence-electron chi connectivity index (χ0n) is 5.78. The largest absolute Gasteiger partial charge is 0.383 e. The van der Waals surface area contributed by atoms with E-state index in [0.717, 1.165) is 5.57 Å². The molecule has 1 fully saturated rings. The van der Waals surface area contributed by atoms with Crippen molar-refractivity contribution in [3.05, 3.63) is 11.6 Å². The van der Waals surface area contributed by atoms with Gasteiger partial charge in [0.15, 0.2) is 6.29 Å². The predicted octanol–water partition coefficient (Wildman–Crippen LogP) is 0.0487. The molecule has 2 aliphatic heterocycles. The van der Waals surface area contributed by atoms with Crippen molar-refractivity contribution in [2.45, 2.75) is 25.4 Å². The van der Waals surface area contributed by atoms with Gasteiger partial charge in [-0.2, -0.15) is 0 Å². The Morgan fingerprint density at radius 1 is 1.70 bits per heavy atom. The number of fused-ring (bicyclic) bond motifs is 2. The van der Waals surface area contributed by atoms with E-state index in [9.17, 15) is 5.11 Å². The quantitative estimate of drug-likeness (QED) is 0.486. The molecule has 2 heterocycles. The lowest BCUT2D eigenvalue weighted by Crippen LogP contribution is -2.31. The molecule has 2 rings (SSSR count). The van der Waals surface area contributed by atoms with Gasteiger partial charge in [0.25, 0.3) is 0 Å². The number of hydrogen-bond donors (Lipinski definition) is 1. The second-order valence-corrected chi connectivity index (χ2v) is 2.73. The molecule has 1 saturated heterocycles. The normalized spacial score (nSPS) is 45.4. The highest BCUT2D eigenvalue weighted by Crippen LogP contribution is 2.25. The third-order valence-electron chi connectivity index (χ3n) is 1.91. The number of aliphatic hydroxyl groups excluding tert-OH is 1. The first kappa shape index (κ1) is 6.34. The zero-order valence-corrected chi connectivity index (χ0v) is 5.78. The summed E-state index contributed by atoms with van der Waals surface area (Å²) in [7, 11) is 0. The van der Waals surface area contributed by atoms with Crippen molar-refractivity contribution in [2.24, 2.45) is 0 Å². The van der Waals surface area contributed by atoms with Gasteiger partial charge in [0.05, 0.1) is 6.61 Å². The first-order chi connectivity index (χ1) is 4.77. The first-order valence-electron chi connectivity index (χ1n) is 3.41. The maximum Gasteiger partial charge on any atom is 0.188 e. The Balaban J connectivity index is 2.25. The van der Waals surface area contributed by atoms with Crippen LogP contribution < -0.4 is 0 Å². The van der Waals surface area contributed by atoms with Crippen LogP contribution in [0.5, 0.6) is 0 Å². The summed E-state index contributed by atoms with van der Waals surface area (Å²) in [5.74, 6) is 0. The van der Waals surface area contributed by atoms with Crippen LogP contribution in [0.3, 0.4) is 0 Å². The lowest BCUT2D eigenvalue weighted by atomic mass is 10.1. The average Bonchev–Trinajstić information content (AvgIpc) is 2.29. The summed E-state index contributed by atoms with van der Waals surface area (Å²) in [5.41, 5.74) is 0.957. The van der Waals surface area contributed by atoms with Gasteiger partial charge in [-0.1, -0.05) is 6.08 Å². The highest BCUT2D eigenvalue weighted by atomic mass is 16.7. The molecule has 2 aliphatic rings. The molecule has 0 aromatic carbocycles. The summed E-state index contributed by atoms with van der Waals surface area (Å²) >= 11 is 0. The highest BCUT2D eigenvalue weighted by Gasteiger charge is 2.35. The van der Waals surface area contributed by atoms with Crippen LogP contribution in [0.2, 0.25) is 0 Å². The molecule has 0 unspecified atom stereocenters. The highest BCUT2D eigenvalue weighted by molar-refractivity contribution is 5.14. The summed E-state index contributed by atoms with van der Waals surface area (Å²) in [6.07, 6.45) is 1.02. The van der Waals surface area contributed by atoms with Crippen LogP contribution in [0.4, 0.5) is 0 Å².